The molecule has 0 N–H and O–H groups in total. The topological polar surface area (TPSA) is 71.1 Å². The van der Waals surface area contributed by atoms with Crippen LogP contribution in [-0.4, -0.2) is 60.8 Å². The standard InChI is InChI=1S/C19H27N3O5S/c1-4-24-15-11-14(12-16(25-5-2)17(15)26-6-3)18-20-22(19(28)27-18)13-21-7-9-23-10-8-21/h11-12H,4-10,13H2,1-3H3. The molecule has 0 aliphatic carbocycles. The van der Waals surface area contributed by atoms with Gasteiger partial charge in [-0.2, -0.15) is 0 Å². The Morgan fingerprint density at radius 1 is 1.00 bits per heavy atom. The van der Waals surface area contributed by atoms with Gasteiger partial charge >= 0.3 is 0 Å². The molecule has 0 atom stereocenters. The molecular weight excluding hydrogens is 382 g/mol. The van der Waals surface area contributed by atoms with Gasteiger partial charge in [-0.25, -0.2) is 4.68 Å². The van der Waals surface area contributed by atoms with Gasteiger partial charge in [-0.3, -0.25) is 4.90 Å². The van der Waals surface area contributed by atoms with E-state index in [0.717, 1.165) is 18.7 Å². The number of rotatable bonds is 9. The maximum atomic E-state index is 5.77. The number of hydrogen-bond donors (Lipinski definition) is 0. The smallest absolute Gasteiger partial charge is 0.288 e. The van der Waals surface area contributed by atoms with Crippen LogP contribution >= 0.6 is 12.2 Å². The van der Waals surface area contributed by atoms with Crippen LogP contribution in [0, 0.1) is 4.84 Å². The molecular formula is C19H27N3O5S. The van der Waals surface area contributed by atoms with E-state index in [2.05, 4.69) is 10.00 Å². The molecule has 1 saturated heterocycles. The fourth-order valence-corrected chi connectivity index (χ4v) is 3.13. The summed E-state index contributed by atoms with van der Waals surface area (Å²) >= 11 is 5.37. The zero-order valence-corrected chi connectivity index (χ0v) is 17.4. The van der Waals surface area contributed by atoms with Crippen LogP contribution in [0.1, 0.15) is 20.8 Å². The number of aromatic nitrogens is 2. The molecule has 1 aromatic carbocycles. The van der Waals surface area contributed by atoms with Crippen molar-refractivity contribution in [2.24, 2.45) is 0 Å². The van der Waals surface area contributed by atoms with E-state index in [0.29, 0.717) is 67.7 Å². The van der Waals surface area contributed by atoms with Crippen LogP contribution in [0.5, 0.6) is 17.2 Å². The lowest BCUT2D eigenvalue weighted by molar-refractivity contribution is 0.0206. The van der Waals surface area contributed by atoms with Crippen molar-refractivity contribution >= 4 is 12.2 Å². The van der Waals surface area contributed by atoms with E-state index in [1.54, 1.807) is 4.68 Å². The monoisotopic (exact) mass is 409 g/mol. The fourth-order valence-electron chi connectivity index (χ4n) is 2.96. The van der Waals surface area contributed by atoms with Crippen LogP contribution < -0.4 is 14.2 Å². The van der Waals surface area contributed by atoms with Crippen molar-refractivity contribution in [3.63, 3.8) is 0 Å². The molecule has 1 aromatic heterocycles. The largest absolute Gasteiger partial charge is 0.490 e. The highest BCUT2D eigenvalue weighted by Gasteiger charge is 2.19. The van der Waals surface area contributed by atoms with Crippen molar-refractivity contribution in [2.45, 2.75) is 27.4 Å². The predicted octanol–water partition coefficient (Wildman–Crippen LogP) is 3.36. The molecule has 1 fully saturated rings. The number of hydrogen-bond acceptors (Lipinski definition) is 8. The highest BCUT2D eigenvalue weighted by molar-refractivity contribution is 7.71. The average Bonchev–Trinajstić information content (AvgIpc) is 3.06. The molecule has 3 rings (SSSR count). The number of nitrogens with zero attached hydrogens (tertiary/aromatic N) is 3. The number of ether oxygens (including phenoxy) is 4. The van der Waals surface area contributed by atoms with Crippen LogP contribution in [0.25, 0.3) is 11.5 Å². The summed E-state index contributed by atoms with van der Waals surface area (Å²) in [4.78, 5) is 2.55. The minimum Gasteiger partial charge on any atom is -0.490 e. The summed E-state index contributed by atoms with van der Waals surface area (Å²) < 4.78 is 30.1. The summed E-state index contributed by atoms with van der Waals surface area (Å²) in [5.41, 5.74) is 0.724. The first-order valence-corrected chi connectivity index (χ1v) is 10.0. The van der Waals surface area contributed by atoms with Gasteiger partial charge in [0, 0.05) is 18.7 Å². The lowest BCUT2D eigenvalue weighted by Crippen LogP contribution is -2.37. The third kappa shape index (κ3) is 4.84. The van der Waals surface area contributed by atoms with E-state index >= 15 is 0 Å². The first-order valence-electron chi connectivity index (χ1n) is 9.61. The Hall–Kier alpha value is -2.10. The average molecular weight is 410 g/mol. The summed E-state index contributed by atoms with van der Waals surface area (Å²) in [5, 5.41) is 4.56. The molecule has 28 heavy (non-hydrogen) atoms. The molecule has 1 aliphatic rings. The van der Waals surface area contributed by atoms with Crippen molar-refractivity contribution in [2.75, 3.05) is 46.1 Å². The second-order valence-electron chi connectivity index (χ2n) is 6.15. The molecule has 0 unspecified atom stereocenters. The van der Waals surface area contributed by atoms with Gasteiger partial charge in [0.15, 0.2) is 11.5 Å². The first kappa shape index (κ1) is 20.6. The van der Waals surface area contributed by atoms with Gasteiger partial charge in [0.1, 0.15) is 0 Å². The summed E-state index contributed by atoms with van der Waals surface area (Å²) in [6.07, 6.45) is 0. The van der Waals surface area contributed by atoms with E-state index in [1.807, 2.05) is 32.9 Å². The minimum absolute atomic E-state index is 0.325. The van der Waals surface area contributed by atoms with Crippen molar-refractivity contribution < 1.29 is 23.4 Å². The maximum Gasteiger partial charge on any atom is 0.288 e. The van der Waals surface area contributed by atoms with Gasteiger partial charge in [-0.1, -0.05) is 0 Å². The van der Waals surface area contributed by atoms with E-state index in [1.165, 1.54) is 0 Å². The molecule has 1 aliphatic heterocycles. The Bertz CT molecular complexity index is 802. The Morgan fingerprint density at radius 3 is 2.18 bits per heavy atom. The van der Waals surface area contributed by atoms with Crippen molar-refractivity contribution in [3.05, 3.63) is 17.0 Å². The van der Waals surface area contributed by atoms with Gasteiger partial charge in [0.2, 0.25) is 11.6 Å². The second-order valence-corrected chi connectivity index (χ2v) is 6.49. The van der Waals surface area contributed by atoms with Crippen LogP contribution in [0.2, 0.25) is 0 Å². The maximum absolute atomic E-state index is 5.77. The third-order valence-electron chi connectivity index (χ3n) is 4.20. The highest BCUT2D eigenvalue weighted by Crippen LogP contribution is 2.41. The van der Waals surface area contributed by atoms with Crippen molar-refractivity contribution in [3.8, 4) is 28.7 Å². The van der Waals surface area contributed by atoms with Crippen LogP contribution in [0.3, 0.4) is 0 Å². The van der Waals surface area contributed by atoms with Crippen LogP contribution in [0.15, 0.2) is 16.5 Å². The zero-order chi connectivity index (χ0) is 19.9. The quantitative estimate of drug-likeness (QED) is 0.584. The van der Waals surface area contributed by atoms with Crippen molar-refractivity contribution in [1.29, 1.82) is 0 Å². The minimum atomic E-state index is 0.325. The Labute approximate surface area is 169 Å². The SMILES string of the molecule is CCOc1cc(-c2nn(CN3CCOCC3)c(=S)o2)cc(OCC)c1OCC. The summed E-state index contributed by atoms with van der Waals surface area (Å²) in [5.74, 6) is 2.19. The number of morpholine rings is 1. The number of benzene rings is 1. The molecule has 0 spiro atoms. The molecule has 2 heterocycles. The molecule has 8 nitrogen and oxygen atoms in total. The van der Waals surface area contributed by atoms with E-state index in [4.69, 9.17) is 35.6 Å². The predicted molar refractivity (Wildman–Crippen MR) is 107 cm³/mol. The van der Waals surface area contributed by atoms with Gasteiger partial charge in [-0.15, -0.1) is 5.10 Å². The van der Waals surface area contributed by atoms with Gasteiger partial charge in [0.25, 0.3) is 4.84 Å². The normalized spacial score (nSPS) is 14.8. The Balaban J connectivity index is 1.93. The first-order chi connectivity index (χ1) is 13.7. The lowest BCUT2D eigenvalue weighted by atomic mass is 10.2. The van der Waals surface area contributed by atoms with E-state index in [9.17, 15) is 0 Å². The van der Waals surface area contributed by atoms with Crippen molar-refractivity contribution in [1.82, 2.24) is 14.7 Å². The highest BCUT2D eigenvalue weighted by atomic mass is 32.1. The fraction of sp³-hybridized carbons (Fsp3) is 0.579. The molecule has 2 aromatic rings. The zero-order valence-electron chi connectivity index (χ0n) is 16.6. The van der Waals surface area contributed by atoms with E-state index < -0.39 is 0 Å². The van der Waals surface area contributed by atoms with Gasteiger partial charge < -0.3 is 23.4 Å². The Morgan fingerprint density at radius 2 is 1.61 bits per heavy atom. The summed E-state index contributed by atoms with van der Waals surface area (Å²) in [7, 11) is 0. The van der Waals surface area contributed by atoms with Gasteiger partial charge in [0.05, 0.1) is 39.7 Å². The lowest BCUT2D eigenvalue weighted by Gasteiger charge is -2.25. The Kier molecular flexibility index (Phi) is 7.30. The van der Waals surface area contributed by atoms with Crippen LogP contribution in [-0.2, 0) is 11.4 Å². The van der Waals surface area contributed by atoms with Gasteiger partial charge in [-0.05, 0) is 45.1 Å². The molecule has 154 valence electrons. The van der Waals surface area contributed by atoms with E-state index in [-0.39, 0.29) is 0 Å². The molecule has 0 radical (unpaired) electrons. The molecule has 0 amide bonds. The summed E-state index contributed by atoms with van der Waals surface area (Å²) in [6.45, 7) is 11.0. The van der Waals surface area contributed by atoms with Crippen LogP contribution in [0.4, 0.5) is 0 Å². The molecule has 9 heteroatoms. The third-order valence-corrected chi connectivity index (χ3v) is 4.49. The second kappa shape index (κ2) is 9.90. The summed E-state index contributed by atoms with van der Waals surface area (Å²) in [6, 6.07) is 3.69. The molecule has 0 saturated carbocycles. The molecule has 0 bridgehead atoms.